The molecule has 38 heavy (non-hydrogen) atoms. The van der Waals surface area contributed by atoms with Gasteiger partial charge in [0.25, 0.3) is 0 Å². The van der Waals surface area contributed by atoms with Crippen molar-refractivity contribution in [2.75, 3.05) is 30.9 Å². The Hall–Kier alpha value is -1.97. The van der Waals surface area contributed by atoms with E-state index in [4.69, 9.17) is 9.57 Å². The largest absolute Gasteiger partial charge is 0.497 e. The topological polar surface area (TPSA) is 97.0 Å². The van der Waals surface area contributed by atoms with Crippen molar-refractivity contribution in [2.45, 2.75) is 77.1 Å². The Bertz CT molecular complexity index is 970. The first-order chi connectivity index (χ1) is 18.2. The first kappa shape index (κ1) is 30.6. The predicted molar refractivity (Wildman–Crippen MR) is 154 cm³/mol. The normalized spacial score (nSPS) is 19.9. The molecule has 210 valence electrons. The third-order valence-corrected chi connectivity index (χ3v) is 8.75. The number of rotatable bonds is 11. The molecule has 0 aromatic heterocycles. The van der Waals surface area contributed by atoms with Crippen LogP contribution in [0.3, 0.4) is 0 Å². The summed E-state index contributed by atoms with van der Waals surface area (Å²) in [7, 11) is 1.61. The molecule has 3 rings (SSSR count). The lowest BCUT2D eigenvalue weighted by molar-refractivity contribution is -0.238. The molecule has 1 aliphatic carbocycles. The molecule has 10 heteroatoms. The highest BCUT2D eigenvalue weighted by Gasteiger charge is 2.39. The van der Waals surface area contributed by atoms with E-state index in [1.807, 2.05) is 51.0 Å². The minimum atomic E-state index is -0.939. The summed E-state index contributed by atoms with van der Waals surface area (Å²) < 4.78 is 5.20. The molecular weight excluding hydrogens is 522 g/mol. The summed E-state index contributed by atoms with van der Waals surface area (Å²) in [5.74, 6) is 4.69. The van der Waals surface area contributed by atoms with Crippen LogP contribution in [0.4, 0.5) is 0 Å². The highest BCUT2D eigenvalue weighted by Crippen LogP contribution is 2.30. The maximum absolute atomic E-state index is 13.5. The molecule has 1 aromatic carbocycles. The van der Waals surface area contributed by atoms with Gasteiger partial charge in [0.1, 0.15) is 17.7 Å². The van der Waals surface area contributed by atoms with Gasteiger partial charge in [-0.25, -0.2) is 4.79 Å². The number of nitrogens with one attached hydrogen (secondary N) is 2. The Morgan fingerprint density at radius 3 is 2.53 bits per heavy atom. The molecule has 0 bridgehead atoms. The number of thioether (sulfide) groups is 2. The lowest BCUT2D eigenvalue weighted by Crippen LogP contribution is -2.57. The molecular formula is C28H41N3O5S2. The molecule has 2 aliphatic rings. The molecule has 0 radical (unpaired) electrons. The number of amides is 2. The van der Waals surface area contributed by atoms with E-state index in [2.05, 4.69) is 10.6 Å². The monoisotopic (exact) mass is 563 g/mol. The van der Waals surface area contributed by atoms with Crippen molar-refractivity contribution in [2.24, 2.45) is 5.92 Å². The van der Waals surface area contributed by atoms with Crippen molar-refractivity contribution in [1.82, 2.24) is 15.7 Å². The smallest absolute Gasteiger partial charge is 0.246 e. The lowest BCUT2D eigenvalue weighted by Gasteiger charge is -2.38. The Kier molecular flexibility index (Phi) is 12.1. The summed E-state index contributed by atoms with van der Waals surface area (Å²) >= 11 is 3.01. The van der Waals surface area contributed by atoms with Gasteiger partial charge in [-0.3, -0.25) is 14.4 Å². The van der Waals surface area contributed by atoms with Crippen molar-refractivity contribution >= 4 is 41.3 Å². The van der Waals surface area contributed by atoms with E-state index < -0.39 is 23.6 Å². The lowest BCUT2D eigenvalue weighted by atomic mass is 9.91. The average Bonchev–Trinajstić information content (AvgIpc) is 2.90. The van der Waals surface area contributed by atoms with Crippen LogP contribution in [0, 0.1) is 5.92 Å². The van der Waals surface area contributed by atoms with Crippen LogP contribution in [0.25, 0.3) is 0 Å². The third kappa shape index (κ3) is 9.65. The van der Waals surface area contributed by atoms with E-state index in [1.165, 1.54) is 43.9 Å². The van der Waals surface area contributed by atoms with Crippen LogP contribution < -0.4 is 15.4 Å². The summed E-state index contributed by atoms with van der Waals surface area (Å²) in [6.07, 6.45) is 6.26. The van der Waals surface area contributed by atoms with Gasteiger partial charge < -0.3 is 15.4 Å². The van der Waals surface area contributed by atoms with Crippen molar-refractivity contribution < 1.29 is 24.0 Å². The SMILES string of the molecule is COc1ccc(CNC(=O)[C@H](CSCC2CCCCC2)NC(=O)C2C(=C=O)SCCN2OC(C)(C)C)cc1. The van der Waals surface area contributed by atoms with Gasteiger partial charge in [0.05, 0.1) is 17.6 Å². The van der Waals surface area contributed by atoms with E-state index in [9.17, 15) is 14.4 Å². The zero-order valence-electron chi connectivity index (χ0n) is 22.9. The van der Waals surface area contributed by atoms with Gasteiger partial charge in [0, 0.05) is 24.6 Å². The van der Waals surface area contributed by atoms with Crippen LogP contribution in [-0.4, -0.2) is 71.4 Å². The fraction of sp³-hybridized carbons (Fsp3) is 0.643. The summed E-state index contributed by atoms with van der Waals surface area (Å²) in [5, 5.41) is 7.45. The first-order valence-corrected chi connectivity index (χ1v) is 15.5. The van der Waals surface area contributed by atoms with Gasteiger partial charge in [-0.15, -0.1) is 11.8 Å². The molecule has 1 aromatic rings. The number of benzene rings is 1. The van der Waals surface area contributed by atoms with Gasteiger partial charge in [-0.05, 0) is 63.0 Å². The molecule has 2 fully saturated rings. The van der Waals surface area contributed by atoms with E-state index in [1.54, 1.807) is 23.9 Å². The fourth-order valence-corrected chi connectivity index (χ4v) is 6.77. The Morgan fingerprint density at radius 2 is 1.89 bits per heavy atom. The third-order valence-electron chi connectivity index (χ3n) is 6.47. The van der Waals surface area contributed by atoms with E-state index in [-0.39, 0.29) is 10.8 Å². The average molecular weight is 564 g/mol. The van der Waals surface area contributed by atoms with Crippen molar-refractivity contribution in [1.29, 1.82) is 0 Å². The molecule has 0 spiro atoms. The number of ether oxygens (including phenoxy) is 1. The highest BCUT2D eigenvalue weighted by atomic mass is 32.2. The second-order valence-corrected chi connectivity index (χ2v) is 12.9. The minimum absolute atomic E-state index is 0.256. The fourth-order valence-electron chi connectivity index (χ4n) is 4.57. The van der Waals surface area contributed by atoms with E-state index >= 15 is 0 Å². The molecule has 1 aliphatic heterocycles. The van der Waals surface area contributed by atoms with Crippen LogP contribution in [0.5, 0.6) is 5.75 Å². The molecule has 1 saturated carbocycles. The van der Waals surface area contributed by atoms with Gasteiger partial charge >= 0.3 is 0 Å². The van der Waals surface area contributed by atoms with Crippen LogP contribution in [0.15, 0.2) is 29.2 Å². The zero-order chi connectivity index (χ0) is 27.5. The summed E-state index contributed by atoms with van der Waals surface area (Å²) in [4.78, 5) is 44.8. The Labute approximate surface area is 235 Å². The van der Waals surface area contributed by atoms with Crippen LogP contribution in [0.1, 0.15) is 58.4 Å². The number of carbonyl (C=O) groups is 2. The molecule has 1 unspecified atom stereocenters. The predicted octanol–water partition coefficient (Wildman–Crippen LogP) is 3.97. The molecule has 1 saturated heterocycles. The second-order valence-electron chi connectivity index (χ2n) is 10.7. The minimum Gasteiger partial charge on any atom is -0.497 e. The quantitative estimate of drug-likeness (QED) is 0.391. The van der Waals surface area contributed by atoms with Crippen LogP contribution >= 0.6 is 23.5 Å². The number of carbonyl (C=O) groups excluding carboxylic acids is 3. The van der Waals surface area contributed by atoms with E-state index in [0.29, 0.717) is 30.5 Å². The maximum atomic E-state index is 13.5. The Morgan fingerprint density at radius 1 is 1.18 bits per heavy atom. The summed E-state index contributed by atoms with van der Waals surface area (Å²) in [6.45, 7) is 6.50. The van der Waals surface area contributed by atoms with Crippen molar-refractivity contribution in [3.05, 3.63) is 34.7 Å². The molecule has 2 N–H and O–H groups in total. The van der Waals surface area contributed by atoms with Crippen LogP contribution in [-0.2, 0) is 25.8 Å². The molecule has 8 nitrogen and oxygen atoms in total. The zero-order valence-corrected chi connectivity index (χ0v) is 24.6. The van der Waals surface area contributed by atoms with Gasteiger partial charge in [0.15, 0.2) is 6.04 Å². The van der Waals surface area contributed by atoms with Gasteiger partial charge in [0.2, 0.25) is 11.8 Å². The van der Waals surface area contributed by atoms with E-state index in [0.717, 1.165) is 17.1 Å². The Balaban J connectivity index is 1.69. The maximum Gasteiger partial charge on any atom is 0.246 e. The second kappa shape index (κ2) is 15.0. The molecule has 1 heterocycles. The number of methoxy groups -OCH3 is 1. The number of hydroxylamine groups is 2. The highest BCUT2D eigenvalue weighted by molar-refractivity contribution is 8.03. The van der Waals surface area contributed by atoms with Crippen LogP contribution in [0.2, 0.25) is 0 Å². The first-order valence-electron chi connectivity index (χ1n) is 13.3. The molecule has 2 atom stereocenters. The number of hydrogen-bond donors (Lipinski definition) is 2. The van der Waals surface area contributed by atoms with Crippen molar-refractivity contribution in [3.63, 3.8) is 0 Å². The number of nitrogens with zero attached hydrogens (tertiary/aromatic N) is 1. The summed E-state index contributed by atoms with van der Waals surface area (Å²) in [5.41, 5.74) is 0.387. The number of hydrogen-bond acceptors (Lipinski definition) is 8. The van der Waals surface area contributed by atoms with Crippen molar-refractivity contribution in [3.8, 4) is 5.75 Å². The van der Waals surface area contributed by atoms with Gasteiger partial charge in [-0.2, -0.15) is 16.8 Å². The summed E-state index contributed by atoms with van der Waals surface area (Å²) in [6, 6.07) is 5.80. The molecule has 2 amide bonds. The van der Waals surface area contributed by atoms with Gasteiger partial charge in [-0.1, -0.05) is 31.4 Å². The standard InChI is InChI=1S/C28H41N3O5S2/c1-28(2,3)36-31-14-15-38-24(17-32)25(31)27(34)30-23(19-37-18-21-8-6-5-7-9-21)26(33)29-16-20-10-12-22(35-4)13-11-20/h10-13,21,23,25H,5-9,14-16,18-19H2,1-4H3,(H,29,33)(H,30,34)/t23-,25?/m0/s1.